The molecule has 28 heavy (non-hydrogen) atoms. The molecule has 2 aromatic rings. The summed E-state index contributed by atoms with van der Waals surface area (Å²) in [5, 5.41) is 17.2. The van der Waals surface area contributed by atoms with Crippen LogP contribution in [0, 0.1) is 23.0 Å². The Bertz CT molecular complexity index is 829. The van der Waals surface area contributed by atoms with Gasteiger partial charge in [-0.25, -0.2) is 0 Å². The first-order valence-corrected chi connectivity index (χ1v) is 9.57. The van der Waals surface area contributed by atoms with Gasteiger partial charge in [-0.05, 0) is 35.4 Å². The lowest BCUT2D eigenvalue weighted by Crippen LogP contribution is -2.34. The third kappa shape index (κ3) is 5.39. The average molecular weight is 383 g/mol. The third-order valence-electron chi connectivity index (χ3n) is 4.82. The van der Waals surface area contributed by atoms with Gasteiger partial charge < -0.3 is 10.6 Å². The lowest BCUT2D eigenvalue weighted by atomic mass is 9.93. The van der Waals surface area contributed by atoms with Crippen LogP contribution in [0.3, 0.4) is 0 Å². The molecule has 0 saturated carbocycles. The largest absolute Gasteiger partial charge is 0.319 e. The molecule has 0 radical (unpaired) electrons. The van der Waals surface area contributed by atoms with E-state index in [1.807, 2.05) is 0 Å². The van der Waals surface area contributed by atoms with Crippen LogP contribution >= 0.6 is 0 Å². The molecule has 0 fully saturated rings. The summed E-state index contributed by atoms with van der Waals surface area (Å²) in [6.07, 6.45) is 0. The van der Waals surface area contributed by atoms with Crippen molar-refractivity contribution in [2.45, 2.75) is 46.6 Å². The zero-order chi connectivity index (χ0) is 20.8. The normalized spacial score (nSPS) is 12.2. The summed E-state index contributed by atoms with van der Waals surface area (Å²) in [4.78, 5) is 23.2. The first-order valence-electron chi connectivity index (χ1n) is 9.57. The molecule has 0 bridgehead atoms. The summed E-state index contributed by atoms with van der Waals surface area (Å²) in [5.41, 5.74) is 3.21. The van der Waals surface area contributed by atoms with Crippen molar-refractivity contribution in [3.63, 3.8) is 0 Å². The maximum atomic E-state index is 12.4. The Hall–Kier alpha value is -2.73. The predicted molar refractivity (Wildman–Crippen MR) is 113 cm³/mol. The second kappa shape index (κ2) is 9.46. The first-order chi connectivity index (χ1) is 13.2. The first kappa shape index (κ1) is 21.6. The van der Waals surface area contributed by atoms with E-state index < -0.39 is 4.92 Å². The van der Waals surface area contributed by atoms with Crippen molar-refractivity contribution in [2.75, 3.05) is 11.9 Å². The van der Waals surface area contributed by atoms with Gasteiger partial charge in [0, 0.05) is 12.1 Å². The van der Waals surface area contributed by atoms with E-state index in [-0.39, 0.29) is 35.8 Å². The number of carbonyl (C=O) groups is 1. The average Bonchev–Trinajstić information content (AvgIpc) is 2.63. The van der Waals surface area contributed by atoms with Crippen molar-refractivity contribution in [2.24, 2.45) is 5.92 Å². The second-order valence-electron chi connectivity index (χ2n) is 7.70. The van der Waals surface area contributed by atoms with Gasteiger partial charge in [0.25, 0.3) is 5.69 Å². The van der Waals surface area contributed by atoms with Crippen molar-refractivity contribution in [1.29, 1.82) is 0 Å². The topological polar surface area (TPSA) is 84.3 Å². The molecule has 2 aromatic carbocycles. The molecule has 0 aromatic heterocycles. The van der Waals surface area contributed by atoms with Crippen molar-refractivity contribution < 1.29 is 9.72 Å². The highest BCUT2D eigenvalue weighted by molar-refractivity contribution is 5.95. The van der Waals surface area contributed by atoms with E-state index in [0.29, 0.717) is 11.5 Å². The molecule has 0 aliphatic heterocycles. The molecule has 1 amide bonds. The molecular formula is C22H29N3O3. The maximum Gasteiger partial charge on any atom is 0.293 e. The Morgan fingerprint density at radius 1 is 1.04 bits per heavy atom. The molecule has 0 unspecified atom stereocenters. The Kier molecular flexibility index (Phi) is 7.29. The van der Waals surface area contributed by atoms with Crippen LogP contribution < -0.4 is 10.6 Å². The Balaban J connectivity index is 2.08. The van der Waals surface area contributed by atoms with E-state index in [1.165, 1.54) is 11.6 Å². The number of carbonyl (C=O) groups excluding carboxylic acids is 1. The molecule has 2 N–H and O–H groups in total. The monoisotopic (exact) mass is 383 g/mol. The Labute approximate surface area is 166 Å². The van der Waals surface area contributed by atoms with Crippen molar-refractivity contribution in [3.8, 4) is 0 Å². The molecule has 0 heterocycles. The standard InChI is InChI=1S/C22H29N3O3/c1-14(2)17-9-11-18(12-10-17)21(15(3)4)23-13-20(26)24-22-16(5)7-6-8-19(22)25(27)28/h6-12,14-15,21,23H,13H2,1-5H3,(H,24,26)/t21-/m0/s1. The SMILES string of the molecule is Cc1cccc([N+](=O)[O-])c1NC(=O)CN[C@H](c1ccc(C(C)C)cc1)C(C)C. The van der Waals surface area contributed by atoms with Gasteiger partial charge in [-0.15, -0.1) is 0 Å². The molecule has 6 heteroatoms. The van der Waals surface area contributed by atoms with Gasteiger partial charge in [0.05, 0.1) is 11.5 Å². The van der Waals surface area contributed by atoms with E-state index in [1.54, 1.807) is 19.1 Å². The van der Waals surface area contributed by atoms with Gasteiger partial charge in [-0.1, -0.05) is 64.1 Å². The highest BCUT2D eigenvalue weighted by atomic mass is 16.6. The predicted octanol–water partition coefficient (Wildman–Crippen LogP) is 4.95. The summed E-state index contributed by atoms with van der Waals surface area (Å²) in [7, 11) is 0. The molecule has 0 aliphatic rings. The van der Waals surface area contributed by atoms with Crippen LogP contribution in [0.5, 0.6) is 0 Å². The summed E-state index contributed by atoms with van der Waals surface area (Å²) in [6, 6.07) is 13.2. The number of nitrogens with one attached hydrogen (secondary N) is 2. The number of nitro groups is 1. The zero-order valence-corrected chi connectivity index (χ0v) is 17.2. The fraction of sp³-hybridized carbons (Fsp3) is 0.409. The number of amides is 1. The Morgan fingerprint density at radius 3 is 2.18 bits per heavy atom. The van der Waals surface area contributed by atoms with Crippen molar-refractivity contribution in [3.05, 3.63) is 69.3 Å². The molecule has 2 rings (SSSR count). The van der Waals surface area contributed by atoms with Crippen molar-refractivity contribution >= 4 is 17.3 Å². The van der Waals surface area contributed by atoms with Crippen LogP contribution in [-0.4, -0.2) is 17.4 Å². The number of aryl methyl sites for hydroxylation is 1. The molecular weight excluding hydrogens is 354 g/mol. The minimum atomic E-state index is -0.483. The third-order valence-corrected chi connectivity index (χ3v) is 4.82. The number of anilines is 1. The van der Waals surface area contributed by atoms with Gasteiger partial charge in [-0.2, -0.15) is 0 Å². The van der Waals surface area contributed by atoms with E-state index in [2.05, 4.69) is 62.6 Å². The Morgan fingerprint density at radius 2 is 1.64 bits per heavy atom. The number of para-hydroxylation sites is 1. The van der Waals surface area contributed by atoms with Crippen molar-refractivity contribution in [1.82, 2.24) is 5.32 Å². The second-order valence-corrected chi connectivity index (χ2v) is 7.70. The van der Waals surface area contributed by atoms with Crippen LogP contribution in [0.1, 0.15) is 56.3 Å². The van der Waals surface area contributed by atoms with Gasteiger partial charge in [0.15, 0.2) is 0 Å². The highest BCUT2D eigenvalue weighted by Gasteiger charge is 2.20. The number of benzene rings is 2. The quantitative estimate of drug-likeness (QED) is 0.499. The zero-order valence-electron chi connectivity index (χ0n) is 17.2. The number of nitrogens with zero attached hydrogens (tertiary/aromatic N) is 1. The van der Waals surface area contributed by atoms with Gasteiger partial charge in [0.1, 0.15) is 5.69 Å². The molecule has 0 aliphatic carbocycles. The lowest BCUT2D eigenvalue weighted by molar-refractivity contribution is -0.384. The minimum Gasteiger partial charge on any atom is -0.319 e. The lowest BCUT2D eigenvalue weighted by Gasteiger charge is -2.23. The van der Waals surface area contributed by atoms with Gasteiger partial charge in [0.2, 0.25) is 5.91 Å². The number of nitro benzene ring substituents is 1. The number of hydrogen-bond acceptors (Lipinski definition) is 4. The van der Waals surface area contributed by atoms with Crippen LogP contribution in [0.2, 0.25) is 0 Å². The molecule has 1 atom stereocenters. The summed E-state index contributed by atoms with van der Waals surface area (Å²) < 4.78 is 0. The molecule has 6 nitrogen and oxygen atoms in total. The summed E-state index contributed by atoms with van der Waals surface area (Å²) >= 11 is 0. The smallest absolute Gasteiger partial charge is 0.293 e. The van der Waals surface area contributed by atoms with E-state index in [0.717, 1.165) is 5.56 Å². The van der Waals surface area contributed by atoms with Gasteiger partial charge >= 0.3 is 0 Å². The number of rotatable bonds is 8. The van der Waals surface area contributed by atoms with Crippen LogP contribution in [0.15, 0.2) is 42.5 Å². The minimum absolute atomic E-state index is 0.0128. The molecule has 150 valence electrons. The van der Waals surface area contributed by atoms with Crippen LogP contribution in [-0.2, 0) is 4.79 Å². The molecule has 0 spiro atoms. The van der Waals surface area contributed by atoms with Gasteiger partial charge in [-0.3, -0.25) is 14.9 Å². The fourth-order valence-corrected chi connectivity index (χ4v) is 3.18. The van der Waals surface area contributed by atoms with Crippen LogP contribution in [0.25, 0.3) is 0 Å². The van der Waals surface area contributed by atoms with E-state index >= 15 is 0 Å². The summed E-state index contributed by atoms with van der Waals surface area (Å²) in [5.74, 6) is 0.447. The summed E-state index contributed by atoms with van der Waals surface area (Å²) in [6.45, 7) is 10.3. The van der Waals surface area contributed by atoms with E-state index in [4.69, 9.17) is 0 Å². The highest BCUT2D eigenvalue weighted by Crippen LogP contribution is 2.28. The fourth-order valence-electron chi connectivity index (χ4n) is 3.18. The van der Waals surface area contributed by atoms with Crippen LogP contribution in [0.4, 0.5) is 11.4 Å². The van der Waals surface area contributed by atoms with E-state index in [9.17, 15) is 14.9 Å². The maximum absolute atomic E-state index is 12.4. The number of hydrogen-bond donors (Lipinski definition) is 2. The molecule has 0 saturated heterocycles.